The zero-order valence-electron chi connectivity index (χ0n) is 22.7. The van der Waals surface area contributed by atoms with Gasteiger partial charge in [0.25, 0.3) is 0 Å². The van der Waals surface area contributed by atoms with E-state index in [1.54, 1.807) is 13.8 Å². The molecule has 0 bridgehead atoms. The van der Waals surface area contributed by atoms with E-state index in [4.69, 9.17) is 13.8 Å². The molecule has 2 atom stereocenters. The molecule has 0 spiro atoms. The minimum absolute atomic E-state index is 0.172. The molecule has 0 saturated heterocycles. The van der Waals surface area contributed by atoms with Crippen molar-refractivity contribution in [2.45, 2.75) is 53.4 Å². The quantitative estimate of drug-likeness (QED) is 0.252. The summed E-state index contributed by atoms with van der Waals surface area (Å²) in [6.07, 6.45) is 0.145. The summed E-state index contributed by atoms with van der Waals surface area (Å²) in [6, 6.07) is 13.0. The third-order valence-electron chi connectivity index (χ3n) is 6.34. The standard InChI is InChI=1S/C29H34N4O6/c1-16(2)23(36)26(37)30-13-21(35)32-25(29(3,4)5)28-33-22(27-31-18(14-34)15-38-27)24(39-28)20-12-8-10-17-9-6-7-11-19(17)20/h6-12,15-16,23,25,34,36H,13-14H2,1-5H3,(H,30,37)(H,32,35)/t23-,25+/m0/s1. The minimum atomic E-state index is -1.21. The SMILES string of the molecule is CC(C)[C@H](O)C(=O)NCC(=O)N[C@H](c1nc(-c2nc(CO)co2)c(-c2cccc3ccccc23)o1)C(C)(C)C. The molecular formula is C29H34N4O6. The Bertz CT molecular complexity index is 1460. The maximum atomic E-state index is 12.9. The van der Waals surface area contributed by atoms with Crippen LogP contribution in [0.3, 0.4) is 0 Å². The highest BCUT2D eigenvalue weighted by molar-refractivity contribution is 5.97. The van der Waals surface area contributed by atoms with Crippen LogP contribution in [0.4, 0.5) is 0 Å². The number of carbonyl (C=O) groups excluding carboxylic acids is 2. The number of benzene rings is 2. The summed E-state index contributed by atoms with van der Waals surface area (Å²) in [4.78, 5) is 34.1. The van der Waals surface area contributed by atoms with Gasteiger partial charge in [-0.15, -0.1) is 0 Å². The number of hydrogen-bond donors (Lipinski definition) is 4. The summed E-state index contributed by atoms with van der Waals surface area (Å²) >= 11 is 0. The Morgan fingerprint density at radius 1 is 1.05 bits per heavy atom. The lowest BCUT2D eigenvalue weighted by Crippen LogP contribution is -2.45. The van der Waals surface area contributed by atoms with Gasteiger partial charge in [-0.2, -0.15) is 0 Å². The molecule has 39 heavy (non-hydrogen) atoms. The van der Waals surface area contributed by atoms with Gasteiger partial charge in [0, 0.05) is 5.56 Å². The van der Waals surface area contributed by atoms with Crippen molar-refractivity contribution >= 4 is 22.6 Å². The smallest absolute Gasteiger partial charge is 0.249 e. The van der Waals surface area contributed by atoms with E-state index >= 15 is 0 Å². The Kier molecular flexibility index (Phi) is 8.17. The predicted octanol–water partition coefficient (Wildman–Crippen LogP) is 3.98. The lowest BCUT2D eigenvalue weighted by Gasteiger charge is -2.29. The largest absolute Gasteiger partial charge is 0.443 e. The molecule has 10 heteroatoms. The molecule has 2 amide bonds. The van der Waals surface area contributed by atoms with Gasteiger partial charge in [0.05, 0.1) is 13.2 Å². The van der Waals surface area contributed by atoms with E-state index in [1.807, 2.05) is 63.2 Å². The first-order chi connectivity index (χ1) is 18.5. The Labute approximate surface area is 226 Å². The van der Waals surface area contributed by atoms with Crippen molar-refractivity contribution in [2.24, 2.45) is 11.3 Å². The number of aromatic nitrogens is 2. The molecule has 4 N–H and O–H groups in total. The number of amides is 2. The third-order valence-corrected chi connectivity index (χ3v) is 6.34. The lowest BCUT2D eigenvalue weighted by molar-refractivity contribution is -0.133. The Balaban J connectivity index is 1.73. The topological polar surface area (TPSA) is 151 Å². The lowest BCUT2D eigenvalue weighted by atomic mass is 9.86. The van der Waals surface area contributed by atoms with Crippen LogP contribution in [0.1, 0.15) is 52.2 Å². The molecule has 206 valence electrons. The van der Waals surface area contributed by atoms with Crippen LogP contribution in [0, 0.1) is 11.3 Å². The summed E-state index contributed by atoms with van der Waals surface area (Å²) in [5.74, 6) is -0.561. The van der Waals surface area contributed by atoms with Crippen LogP contribution in [0.25, 0.3) is 33.7 Å². The predicted molar refractivity (Wildman–Crippen MR) is 145 cm³/mol. The second-order valence-corrected chi connectivity index (χ2v) is 10.8. The first-order valence-electron chi connectivity index (χ1n) is 12.8. The molecule has 4 aromatic rings. The molecule has 0 saturated carbocycles. The normalized spacial score (nSPS) is 13.4. The summed E-state index contributed by atoms with van der Waals surface area (Å²) in [7, 11) is 0. The highest BCUT2D eigenvalue weighted by atomic mass is 16.4. The maximum absolute atomic E-state index is 12.9. The first-order valence-corrected chi connectivity index (χ1v) is 12.8. The zero-order valence-corrected chi connectivity index (χ0v) is 22.7. The van der Waals surface area contributed by atoms with Gasteiger partial charge in [0.15, 0.2) is 11.5 Å². The number of nitrogens with zero attached hydrogens (tertiary/aromatic N) is 2. The van der Waals surface area contributed by atoms with E-state index in [9.17, 15) is 19.8 Å². The molecule has 0 aliphatic heterocycles. The van der Waals surface area contributed by atoms with Gasteiger partial charge in [-0.1, -0.05) is 77.1 Å². The van der Waals surface area contributed by atoms with Crippen molar-refractivity contribution in [1.82, 2.24) is 20.6 Å². The van der Waals surface area contributed by atoms with Crippen LogP contribution in [0.15, 0.2) is 57.6 Å². The van der Waals surface area contributed by atoms with Gasteiger partial charge >= 0.3 is 0 Å². The Morgan fingerprint density at radius 2 is 1.77 bits per heavy atom. The number of carbonyl (C=O) groups is 2. The molecule has 2 aromatic carbocycles. The summed E-state index contributed by atoms with van der Waals surface area (Å²) in [5.41, 5.74) is 0.901. The molecule has 2 aromatic heterocycles. The van der Waals surface area contributed by atoms with Crippen molar-refractivity contribution in [1.29, 1.82) is 0 Å². The number of aliphatic hydroxyl groups excluding tert-OH is 2. The average molecular weight is 535 g/mol. The first kappa shape index (κ1) is 28.0. The molecule has 0 fully saturated rings. The fourth-order valence-corrected chi connectivity index (χ4v) is 4.13. The highest BCUT2D eigenvalue weighted by Gasteiger charge is 2.35. The zero-order chi connectivity index (χ0) is 28.3. The van der Waals surface area contributed by atoms with E-state index in [-0.39, 0.29) is 30.9 Å². The molecule has 0 unspecified atom stereocenters. The molecule has 0 radical (unpaired) electrons. The monoisotopic (exact) mass is 534 g/mol. The van der Waals surface area contributed by atoms with Gasteiger partial charge in [-0.3, -0.25) is 9.59 Å². The number of nitrogens with one attached hydrogen (secondary N) is 2. The second kappa shape index (κ2) is 11.4. The number of fused-ring (bicyclic) bond motifs is 1. The number of hydrogen-bond acceptors (Lipinski definition) is 8. The molecule has 0 aliphatic rings. The van der Waals surface area contributed by atoms with E-state index in [0.717, 1.165) is 16.3 Å². The van der Waals surface area contributed by atoms with E-state index in [1.165, 1.54) is 6.26 Å². The van der Waals surface area contributed by atoms with Gasteiger partial charge in [0.1, 0.15) is 24.1 Å². The van der Waals surface area contributed by atoms with Gasteiger partial charge < -0.3 is 29.7 Å². The van der Waals surface area contributed by atoms with Crippen molar-refractivity contribution in [2.75, 3.05) is 6.54 Å². The molecular weight excluding hydrogens is 500 g/mol. The Morgan fingerprint density at radius 3 is 2.44 bits per heavy atom. The molecule has 4 rings (SSSR count). The summed E-state index contributed by atoms with van der Waals surface area (Å²) in [6.45, 7) is 8.59. The number of rotatable bonds is 9. The van der Waals surface area contributed by atoms with Crippen molar-refractivity contribution in [3.8, 4) is 22.9 Å². The van der Waals surface area contributed by atoms with E-state index < -0.39 is 29.4 Å². The van der Waals surface area contributed by atoms with Crippen molar-refractivity contribution in [3.63, 3.8) is 0 Å². The molecule has 2 heterocycles. The fraction of sp³-hybridized carbons (Fsp3) is 0.379. The van der Waals surface area contributed by atoms with Crippen molar-refractivity contribution in [3.05, 3.63) is 60.3 Å². The Hall–Kier alpha value is -4.02. The van der Waals surface area contributed by atoms with E-state index in [0.29, 0.717) is 17.1 Å². The van der Waals surface area contributed by atoms with E-state index in [2.05, 4.69) is 15.6 Å². The van der Waals surface area contributed by atoms with Crippen LogP contribution >= 0.6 is 0 Å². The summed E-state index contributed by atoms with van der Waals surface area (Å²) < 4.78 is 12.0. The van der Waals surface area contributed by atoms with Crippen LogP contribution in [0.5, 0.6) is 0 Å². The van der Waals surface area contributed by atoms with Crippen LogP contribution < -0.4 is 10.6 Å². The van der Waals surface area contributed by atoms with Crippen LogP contribution in [-0.4, -0.2) is 44.6 Å². The molecule has 0 aliphatic carbocycles. The maximum Gasteiger partial charge on any atom is 0.249 e. The second-order valence-electron chi connectivity index (χ2n) is 10.8. The molecule has 10 nitrogen and oxygen atoms in total. The van der Waals surface area contributed by atoms with Gasteiger partial charge in [0.2, 0.25) is 23.6 Å². The number of oxazole rings is 2. The van der Waals surface area contributed by atoms with Crippen LogP contribution in [0.2, 0.25) is 0 Å². The van der Waals surface area contributed by atoms with Gasteiger partial charge in [-0.05, 0) is 22.1 Å². The average Bonchev–Trinajstić information content (AvgIpc) is 3.56. The minimum Gasteiger partial charge on any atom is -0.443 e. The number of aliphatic hydroxyl groups is 2. The fourth-order valence-electron chi connectivity index (χ4n) is 4.13. The van der Waals surface area contributed by atoms with Gasteiger partial charge in [-0.25, -0.2) is 9.97 Å². The van der Waals surface area contributed by atoms with Crippen molar-refractivity contribution < 1.29 is 28.6 Å². The third kappa shape index (κ3) is 6.18. The summed E-state index contributed by atoms with van der Waals surface area (Å²) in [5, 5.41) is 26.8. The highest BCUT2D eigenvalue weighted by Crippen LogP contribution is 2.40. The van der Waals surface area contributed by atoms with Crippen LogP contribution in [-0.2, 0) is 16.2 Å².